The van der Waals surface area contributed by atoms with Gasteiger partial charge in [-0.2, -0.15) is 0 Å². The first kappa shape index (κ1) is 34.7. The van der Waals surface area contributed by atoms with Gasteiger partial charge in [-0.15, -0.1) is 0 Å². The molecular formula is C41H39Cl2N7O3. The average Bonchev–Trinajstić information content (AvgIpc) is 3.78. The first-order chi connectivity index (χ1) is 25.7. The van der Waals surface area contributed by atoms with Crippen molar-refractivity contribution in [3.63, 3.8) is 0 Å². The Morgan fingerprint density at radius 1 is 0.925 bits per heavy atom. The van der Waals surface area contributed by atoms with Gasteiger partial charge in [0.05, 0.1) is 35.5 Å². The average molecular weight is 749 g/mol. The quantitative estimate of drug-likeness (QED) is 0.161. The molecular weight excluding hydrogens is 709 g/mol. The first-order valence-corrected chi connectivity index (χ1v) is 18.6. The van der Waals surface area contributed by atoms with E-state index in [0.717, 1.165) is 52.7 Å². The number of H-pyrrole nitrogens is 1. The second kappa shape index (κ2) is 14.2. The van der Waals surface area contributed by atoms with E-state index < -0.39 is 5.54 Å². The van der Waals surface area contributed by atoms with Crippen molar-refractivity contribution in [1.29, 1.82) is 0 Å². The molecule has 0 atom stereocenters. The number of ether oxygens (including phenoxy) is 1. The number of fused-ring (bicyclic) bond motifs is 1. The summed E-state index contributed by atoms with van der Waals surface area (Å²) in [6, 6.07) is 27.2. The third-order valence-corrected chi connectivity index (χ3v) is 10.9. The van der Waals surface area contributed by atoms with E-state index in [-0.39, 0.29) is 18.0 Å². The number of piperidine rings is 1. The second-order valence-electron chi connectivity index (χ2n) is 14.0. The summed E-state index contributed by atoms with van der Waals surface area (Å²) in [5.74, 6) is 0.351. The van der Waals surface area contributed by atoms with Crippen molar-refractivity contribution in [3.8, 4) is 22.5 Å². The van der Waals surface area contributed by atoms with Gasteiger partial charge in [0.1, 0.15) is 5.69 Å². The van der Waals surface area contributed by atoms with Crippen LogP contribution in [0.2, 0.25) is 10.0 Å². The van der Waals surface area contributed by atoms with Crippen LogP contribution in [0.15, 0.2) is 97.5 Å². The Morgan fingerprint density at radius 3 is 2.43 bits per heavy atom. The minimum atomic E-state index is -0.600. The molecule has 3 aromatic heterocycles. The molecule has 10 nitrogen and oxygen atoms in total. The van der Waals surface area contributed by atoms with Gasteiger partial charge in [0.2, 0.25) is 0 Å². The van der Waals surface area contributed by atoms with Crippen LogP contribution < -0.4 is 10.2 Å². The molecule has 8 rings (SSSR count). The number of rotatable bonds is 8. The van der Waals surface area contributed by atoms with Crippen LogP contribution in [-0.4, -0.2) is 68.7 Å². The summed E-state index contributed by atoms with van der Waals surface area (Å²) in [7, 11) is 0. The van der Waals surface area contributed by atoms with E-state index in [2.05, 4.69) is 33.6 Å². The number of amides is 2. The molecule has 0 aliphatic carbocycles. The summed E-state index contributed by atoms with van der Waals surface area (Å²) in [5.41, 5.74) is 5.23. The number of cyclic esters (lactones) is 1. The molecule has 0 unspecified atom stereocenters. The van der Waals surface area contributed by atoms with Crippen LogP contribution in [0.1, 0.15) is 49.2 Å². The Morgan fingerprint density at radius 2 is 1.68 bits per heavy atom. The number of aromatic amines is 1. The molecule has 6 aromatic rings. The molecule has 2 fully saturated rings. The number of anilines is 2. The third kappa shape index (κ3) is 6.62. The van der Waals surface area contributed by atoms with Gasteiger partial charge in [-0.3, -0.25) is 4.79 Å². The highest BCUT2D eigenvalue weighted by molar-refractivity contribution is 6.31. The third-order valence-electron chi connectivity index (χ3n) is 10.4. The number of nitrogens with one attached hydrogen (secondary N) is 2. The lowest BCUT2D eigenvalue weighted by Gasteiger charge is -2.40. The maximum absolute atomic E-state index is 14.7. The van der Waals surface area contributed by atoms with Crippen molar-refractivity contribution in [2.45, 2.75) is 44.7 Å². The van der Waals surface area contributed by atoms with Crippen molar-refractivity contribution < 1.29 is 14.3 Å². The number of pyridine rings is 1. The van der Waals surface area contributed by atoms with E-state index in [1.54, 1.807) is 6.20 Å². The lowest BCUT2D eigenvalue weighted by atomic mass is 9.92. The molecule has 0 bridgehead atoms. The largest absolute Gasteiger partial charge is 0.449 e. The van der Waals surface area contributed by atoms with Crippen molar-refractivity contribution in [2.24, 2.45) is 0 Å². The Labute approximate surface area is 317 Å². The molecule has 2 saturated heterocycles. The zero-order chi connectivity index (χ0) is 36.7. The van der Waals surface area contributed by atoms with Crippen LogP contribution in [0.25, 0.3) is 33.4 Å². The highest BCUT2D eigenvalue weighted by atomic mass is 35.5. The predicted octanol–water partition coefficient (Wildman–Crippen LogP) is 9.25. The van der Waals surface area contributed by atoms with Gasteiger partial charge in [-0.05, 0) is 75.1 Å². The molecule has 2 N–H and O–H groups in total. The lowest BCUT2D eigenvalue weighted by molar-refractivity contribution is 0.0499. The molecule has 12 heteroatoms. The van der Waals surface area contributed by atoms with Crippen LogP contribution in [0.3, 0.4) is 0 Å². The molecule has 5 heterocycles. The van der Waals surface area contributed by atoms with Gasteiger partial charge in [0.25, 0.3) is 5.91 Å². The maximum Gasteiger partial charge on any atom is 0.410 e. The summed E-state index contributed by atoms with van der Waals surface area (Å²) in [4.78, 5) is 44.3. The van der Waals surface area contributed by atoms with Gasteiger partial charge in [-0.1, -0.05) is 71.7 Å². The van der Waals surface area contributed by atoms with Crippen molar-refractivity contribution >= 4 is 57.6 Å². The number of benzene rings is 3. The Hall–Kier alpha value is -5.32. The van der Waals surface area contributed by atoms with Crippen molar-refractivity contribution in [1.82, 2.24) is 24.4 Å². The number of aromatic nitrogens is 4. The molecule has 0 saturated carbocycles. The summed E-state index contributed by atoms with van der Waals surface area (Å²) >= 11 is 12.8. The minimum Gasteiger partial charge on any atom is -0.449 e. The second-order valence-corrected chi connectivity index (χ2v) is 14.9. The summed E-state index contributed by atoms with van der Waals surface area (Å²) < 4.78 is 7.43. The molecule has 270 valence electrons. The highest BCUT2D eigenvalue weighted by Crippen LogP contribution is 2.43. The van der Waals surface area contributed by atoms with Gasteiger partial charge < -0.3 is 29.4 Å². The Kier molecular flexibility index (Phi) is 9.34. The molecule has 3 aromatic carbocycles. The number of carbonyl (C=O) groups is 2. The van der Waals surface area contributed by atoms with Gasteiger partial charge in [0, 0.05) is 63.9 Å². The standard InChI is InChI=1S/C41H39Cl2N7O3/c1-41(2,27-11-13-28(42)14-12-27)50-25-45-35(26-8-4-3-5-9-26)37(50)34-31-16-15-29(43)24-33(31)46-36(34)39(51)47-32-10-6-19-44-38(32)48-21-17-30(18-22-48)49-20-7-23-53-40(49)52/h3-6,8-16,19,24-25,30,46H,7,17-18,20-23H2,1-2H3,(H,47,51). The van der Waals surface area contributed by atoms with Crippen molar-refractivity contribution in [2.75, 3.05) is 36.5 Å². The number of imidazole rings is 1. The zero-order valence-corrected chi connectivity index (χ0v) is 31.0. The van der Waals surface area contributed by atoms with E-state index in [0.29, 0.717) is 59.0 Å². The SMILES string of the molecule is CC(C)(c1ccc(Cl)cc1)n1cnc(-c2ccccc2)c1-c1c(C(=O)Nc2cccnc2N2CCC(N3CCCOC3=O)CC2)[nH]c2cc(Cl)ccc12. The maximum atomic E-state index is 14.7. The molecule has 53 heavy (non-hydrogen) atoms. The highest BCUT2D eigenvalue weighted by Gasteiger charge is 2.34. The summed E-state index contributed by atoms with van der Waals surface area (Å²) in [6.07, 6.45) is 5.75. The fourth-order valence-corrected chi connectivity index (χ4v) is 7.92. The minimum absolute atomic E-state index is 0.113. The first-order valence-electron chi connectivity index (χ1n) is 17.8. The topological polar surface area (TPSA) is 108 Å². The zero-order valence-electron chi connectivity index (χ0n) is 29.5. The van der Waals surface area contributed by atoms with Crippen LogP contribution in [-0.2, 0) is 10.3 Å². The number of nitrogens with zero attached hydrogens (tertiary/aromatic N) is 5. The van der Waals surface area contributed by atoms with Crippen LogP contribution in [0.4, 0.5) is 16.3 Å². The predicted molar refractivity (Wildman–Crippen MR) is 210 cm³/mol. The number of carbonyl (C=O) groups excluding carboxylic acids is 2. The van der Waals surface area contributed by atoms with Gasteiger partial charge in [0.15, 0.2) is 5.82 Å². The van der Waals surface area contributed by atoms with Crippen LogP contribution in [0.5, 0.6) is 0 Å². The summed E-state index contributed by atoms with van der Waals surface area (Å²) in [5, 5.41) is 5.23. The van der Waals surface area contributed by atoms with Crippen molar-refractivity contribution in [3.05, 3.63) is 119 Å². The fraction of sp³-hybridized carbons (Fsp3) is 0.268. The normalized spacial score (nSPS) is 15.5. The molecule has 2 amide bonds. The van der Waals surface area contributed by atoms with Crippen LogP contribution in [0, 0.1) is 0 Å². The summed E-state index contributed by atoms with van der Waals surface area (Å²) in [6.45, 7) is 6.82. The lowest BCUT2D eigenvalue weighted by Crippen LogP contribution is -2.50. The number of hydrogen-bond acceptors (Lipinski definition) is 6. The van der Waals surface area contributed by atoms with E-state index in [9.17, 15) is 9.59 Å². The van der Waals surface area contributed by atoms with E-state index >= 15 is 0 Å². The van der Waals surface area contributed by atoms with E-state index in [1.165, 1.54) is 0 Å². The van der Waals surface area contributed by atoms with E-state index in [4.69, 9.17) is 37.9 Å². The molecule has 0 spiro atoms. The van der Waals surface area contributed by atoms with E-state index in [1.807, 2.05) is 96.2 Å². The Bertz CT molecular complexity index is 2290. The monoisotopic (exact) mass is 747 g/mol. The molecule has 2 aliphatic rings. The van der Waals surface area contributed by atoms with Gasteiger partial charge >= 0.3 is 6.09 Å². The fourth-order valence-electron chi connectivity index (χ4n) is 7.62. The number of halogens is 2. The number of hydrogen-bond donors (Lipinski definition) is 2. The Balaban J connectivity index is 1.20. The van der Waals surface area contributed by atoms with Gasteiger partial charge in [-0.25, -0.2) is 14.8 Å². The van der Waals surface area contributed by atoms with Crippen LogP contribution >= 0.6 is 23.2 Å². The smallest absolute Gasteiger partial charge is 0.410 e. The molecule has 0 radical (unpaired) electrons. The molecule has 2 aliphatic heterocycles.